The highest BCUT2D eigenvalue weighted by Gasteiger charge is 2.41. The van der Waals surface area contributed by atoms with Gasteiger partial charge in [0.2, 0.25) is 0 Å². The van der Waals surface area contributed by atoms with E-state index in [-0.39, 0.29) is 18.9 Å². The highest BCUT2D eigenvalue weighted by atomic mass is 19.4. The van der Waals surface area contributed by atoms with Gasteiger partial charge in [-0.1, -0.05) is 6.07 Å². The summed E-state index contributed by atoms with van der Waals surface area (Å²) in [6.07, 6.45) is -0.962. The quantitative estimate of drug-likeness (QED) is 0.662. The number of hydrogen-bond acceptors (Lipinski definition) is 2. The molecule has 1 aliphatic rings. The molecule has 1 aromatic heterocycles. The number of rotatable bonds is 3. The molecule has 0 bridgehead atoms. The molecule has 128 valence electrons. The van der Waals surface area contributed by atoms with Crippen LogP contribution in [0.5, 0.6) is 0 Å². The van der Waals surface area contributed by atoms with Crippen LogP contribution in [-0.4, -0.2) is 30.2 Å². The summed E-state index contributed by atoms with van der Waals surface area (Å²) in [5.74, 6) is -0.558. The van der Waals surface area contributed by atoms with Crippen LogP contribution >= 0.6 is 0 Å². The van der Waals surface area contributed by atoms with Gasteiger partial charge < -0.3 is 10.6 Å². The molecule has 1 heterocycles. The summed E-state index contributed by atoms with van der Waals surface area (Å²) in [6.45, 7) is 2.52. The number of aromatic nitrogens is 1. The van der Waals surface area contributed by atoms with Crippen molar-refractivity contribution in [2.75, 3.05) is 7.05 Å². The predicted octanol–water partition coefficient (Wildman–Crippen LogP) is 3.18. The molecule has 1 aliphatic carbocycles. The van der Waals surface area contributed by atoms with Gasteiger partial charge in [0.05, 0.1) is 18.2 Å². The molecule has 1 aromatic rings. The van der Waals surface area contributed by atoms with Crippen LogP contribution in [0.3, 0.4) is 0 Å². The van der Waals surface area contributed by atoms with Crippen molar-refractivity contribution in [2.45, 2.75) is 51.4 Å². The number of aryl methyl sites for hydroxylation is 1. The number of halogens is 3. The Morgan fingerprint density at radius 2 is 2.00 bits per heavy atom. The molecule has 1 saturated carbocycles. The minimum absolute atomic E-state index is 0.0321. The summed E-state index contributed by atoms with van der Waals surface area (Å²) in [4.78, 5) is 8.44. The zero-order chi connectivity index (χ0) is 16.9. The minimum atomic E-state index is -4.07. The normalized spacial score (nSPS) is 22.7. The molecule has 2 rings (SSSR count). The van der Waals surface area contributed by atoms with E-state index < -0.39 is 12.1 Å². The lowest BCUT2D eigenvalue weighted by Gasteiger charge is -2.31. The molecule has 0 spiro atoms. The SMILES string of the molecule is CN=C(NCc1ncccc1C)NC1CCC(C(F)(F)F)CC1. The maximum absolute atomic E-state index is 12.7. The van der Waals surface area contributed by atoms with Gasteiger partial charge in [-0.05, 0) is 44.2 Å². The van der Waals surface area contributed by atoms with Gasteiger partial charge in [-0.2, -0.15) is 13.2 Å². The van der Waals surface area contributed by atoms with Crippen LogP contribution in [-0.2, 0) is 6.54 Å². The van der Waals surface area contributed by atoms with E-state index in [1.54, 1.807) is 13.2 Å². The predicted molar refractivity (Wildman–Crippen MR) is 84.1 cm³/mol. The van der Waals surface area contributed by atoms with E-state index >= 15 is 0 Å². The van der Waals surface area contributed by atoms with E-state index in [1.165, 1.54) is 0 Å². The number of aliphatic imine (C=N–C) groups is 1. The number of pyridine rings is 1. The van der Waals surface area contributed by atoms with Crippen molar-refractivity contribution in [2.24, 2.45) is 10.9 Å². The van der Waals surface area contributed by atoms with Crippen molar-refractivity contribution in [3.05, 3.63) is 29.6 Å². The van der Waals surface area contributed by atoms with Gasteiger partial charge in [0.1, 0.15) is 0 Å². The highest BCUT2D eigenvalue weighted by Crippen LogP contribution is 2.37. The summed E-state index contributed by atoms with van der Waals surface area (Å²) in [6, 6.07) is 3.90. The average molecular weight is 328 g/mol. The first kappa shape index (κ1) is 17.6. The van der Waals surface area contributed by atoms with Gasteiger partial charge in [0.25, 0.3) is 0 Å². The molecule has 0 aromatic carbocycles. The Balaban J connectivity index is 1.81. The summed E-state index contributed by atoms with van der Waals surface area (Å²) >= 11 is 0. The molecule has 0 atom stereocenters. The molecular weight excluding hydrogens is 305 g/mol. The van der Waals surface area contributed by atoms with Crippen LogP contribution in [0.4, 0.5) is 13.2 Å². The van der Waals surface area contributed by atoms with Crippen molar-refractivity contribution in [3.8, 4) is 0 Å². The van der Waals surface area contributed by atoms with E-state index in [4.69, 9.17) is 0 Å². The molecule has 4 nitrogen and oxygen atoms in total. The molecule has 2 N–H and O–H groups in total. The van der Waals surface area contributed by atoms with Gasteiger partial charge in [0, 0.05) is 19.3 Å². The molecule has 7 heteroatoms. The van der Waals surface area contributed by atoms with Crippen molar-refractivity contribution < 1.29 is 13.2 Å². The lowest BCUT2D eigenvalue weighted by atomic mass is 9.85. The van der Waals surface area contributed by atoms with Crippen molar-refractivity contribution in [1.29, 1.82) is 0 Å². The molecule has 0 radical (unpaired) electrons. The Bertz CT molecular complexity index is 534. The monoisotopic (exact) mass is 328 g/mol. The van der Waals surface area contributed by atoms with Crippen molar-refractivity contribution >= 4 is 5.96 Å². The molecule has 0 amide bonds. The van der Waals surface area contributed by atoms with E-state index in [2.05, 4.69) is 20.6 Å². The second-order valence-corrected chi connectivity index (χ2v) is 5.93. The first-order chi connectivity index (χ1) is 10.9. The van der Waals surface area contributed by atoms with Crippen LogP contribution in [0, 0.1) is 12.8 Å². The van der Waals surface area contributed by atoms with E-state index in [0.29, 0.717) is 25.3 Å². The van der Waals surface area contributed by atoms with E-state index in [0.717, 1.165) is 11.3 Å². The first-order valence-corrected chi connectivity index (χ1v) is 7.84. The third-order valence-electron chi connectivity index (χ3n) is 4.30. The van der Waals surface area contributed by atoms with Crippen molar-refractivity contribution in [1.82, 2.24) is 15.6 Å². The van der Waals surface area contributed by atoms with E-state index in [9.17, 15) is 13.2 Å². The fourth-order valence-electron chi connectivity index (χ4n) is 2.82. The standard InChI is InChI=1S/C16H23F3N4/c1-11-4-3-9-21-14(11)10-22-15(20-2)23-13-7-5-12(6-8-13)16(17,18)19/h3-4,9,12-13H,5-8,10H2,1-2H3,(H2,20,22,23). The summed E-state index contributed by atoms with van der Waals surface area (Å²) in [7, 11) is 1.65. The number of alkyl halides is 3. The first-order valence-electron chi connectivity index (χ1n) is 7.84. The summed E-state index contributed by atoms with van der Waals surface area (Å²) in [5, 5.41) is 6.38. The topological polar surface area (TPSA) is 49.3 Å². The maximum atomic E-state index is 12.7. The average Bonchev–Trinajstić information content (AvgIpc) is 2.52. The summed E-state index contributed by atoms with van der Waals surface area (Å²) in [5.41, 5.74) is 2.01. The third kappa shape index (κ3) is 5.11. The number of guanidine groups is 1. The fourth-order valence-corrected chi connectivity index (χ4v) is 2.82. The van der Waals surface area contributed by atoms with Gasteiger partial charge in [-0.3, -0.25) is 9.98 Å². The Morgan fingerprint density at radius 1 is 1.30 bits per heavy atom. The molecule has 23 heavy (non-hydrogen) atoms. The zero-order valence-electron chi connectivity index (χ0n) is 13.5. The number of nitrogens with one attached hydrogen (secondary N) is 2. The van der Waals surface area contributed by atoms with Crippen molar-refractivity contribution in [3.63, 3.8) is 0 Å². The Morgan fingerprint density at radius 3 is 2.57 bits per heavy atom. The Labute approximate surface area is 134 Å². The molecule has 0 aliphatic heterocycles. The third-order valence-corrected chi connectivity index (χ3v) is 4.30. The Kier molecular flexibility index (Phi) is 5.85. The largest absolute Gasteiger partial charge is 0.391 e. The smallest absolute Gasteiger partial charge is 0.354 e. The zero-order valence-corrected chi connectivity index (χ0v) is 13.5. The van der Waals surface area contributed by atoms with Crippen LogP contribution < -0.4 is 10.6 Å². The molecule has 1 fully saturated rings. The highest BCUT2D eigenvalue weighted by molar-refractivity contribution is 5.79. The van der Waals surface area contributed by atoms with Crippen LogP contribution in [0.25, 0.3) is 0 Å². The molecule has 0 unspecified atom stereocenters. The number of nitrogens with zero attached hydrogens (tertiary/aromatic N) is 2. The van der Waals surface area contributed by atoms with Crippen LogP contribution in [0.2, 0.25) is 0 Å². The lowest BCUT2D eigenvalue weighted by molar-refractivity contribution is -0.182. The molecule has 0 saturated heterocycles. The maximum Gasteiger partial charge on any atom is 0.391 e. The van der Waals surface area contributed by atoms with Gasteiger partial charge >= 0.3 is 6.18 Å². The summed E-state index contributed by atoms with van der Waals surface area (Å²) < 4.78 is 38.0. The fraction of sp³-hybridized carbons (Fsp3) is 0.625. The Hall–Kier alpha value is -1.79. The lowest BCUT2D eigenvalue weighted by Crippen LogP contribution is -2.45. The van der Waals surface area contributed by atoms with Gasteiger partial charge in [-0.25, -0.2) is 0 Å². The van der Waals surface area contributed by atoms with Gasteiger partial charge in [-0.15, -0.1) is 0 Å². The second kappa shape index (κ2) is 7.66. The van der Waals surface area contributed by atoms with Crippen LogP contribution in [0.1, 0.15) is 36.9 Å². The van der Waals surface area contributed by atoms with E-state index in [1.807, 2.05) is 19.1 Å². The molecular formula is C16H23F3N4. The van der Waals surface area contributed by atoms with Crippen LogP contribution in [0.15, 0.2) is 23.3 Å². The number of hydrogen-bond donors (Lipinski definition) is 2. The van der Waals surface area contributed by atoms with Gasteiger partial charge in [0.15, 0.2) is 5.96 Å². The minimum Gasteiger partial charge on any atom is -0.354 e. The second-order valence-electron chi connectivity index (χ2n) is 5.93.